The molecular formula is C15H13BrClN5O5S. The van der Waals surface area contributed by atoms with Gasteiger partial charge in [0.1, 0.15) is 9.37 Å². The van der Waals surface area contributed by atoms with E-state index in [-0.39, 0.29) is 25.6 Å². The highest BCUT2D eigenvalue weighted by Crippen LogP contribution is 2.31. The molecule has 0 radical (unpaired) electrons. The molecular weight excluding hydrogens is 478 g/mol. The summed E-state index contributed by atoms with van der Waals surface area (Å²) in [5.74, 6) is -0.459. The zero-order valence-electron chi connectivity index (χ0n) is 14.2. The molecule has 148 valence electrons. The van der Waals surface area contributed by atoms with E-state index in [1.54, 1.807) is 12.1 Å². The van der Waals surface area contributed by atoms with Crippen molar-refractivity contribution in [3.8, 4) is 0 Å². The third-order valence-electron chi connectivity index (χ3n) is 3.17. The Bertz CT molecular complexity index is 1060. The molecule has 0 aliphatic heterocycles. The van der Waals surface area contributed by atoms with Crippen molar-refractivity contribution in [1.82, 2.24) is 5.43 Å². The maximum Gasteiger partial charge on any atom is 0.358 e. The van der Waals surface area contributed by atoms with E-state index in [2.05, 4.69) is 35.9 Å². The lowest BCUT2D eigenvalue weighted by molar-refractivity contribution is -0.385. The quantitative estimate of drug-likeness (QED) is 0.273. The third-order valence-corrected chi connectivity index (χ3v) is 5.37. The van der Waals surface area contributed by atoms with Crippen LogP contribution >= 0.6 is 27.5 Å². The van der Waals surface area contributed by atoms with Gasteiger partial charge in [-0.2, -0.15) is 13.5 Å². The number of nitro benzene ring substituents is 1. The van der Waals surface area contributed by atoms with Crippen LogP contribution in [0.4, 0.5) is 5.69 Å². The number of hydrogen-bond acceptors (Lipinski definition) is 7. The van der Waals surface area contributed by atoms with E-state index in [4.69, 9.17) is 17.3 Å². The number of aryl methyl sites for hydroxylation is 1. The molecule has 28 heavy (non-hydrogen) atoms. The molecule has 0 saturated heterocycles. The summed E-state index contributed by atoms with van der Waals surface area (Å²) < 4.78 is 28.6. The number of rotatable bonds is 6. The number of nitro groups is 1. The Morgan fingerprint density at radius 1 is 1.36 bits per heavy atom. The maximum absolute atomic E-state index is 12.0. The molecule has 0 aliphatic carbocycles. The maximum atomic E-state index is 12.0. The van der Waals surface area contributed by atoms with E-state index in [1.165, 1.54) is 30.5 Å². The second-order valence-corrected chi connectivity index (χ2v) is 8.03. The Morgan fingerprint density at radius 2 is 2.00 bits per heavy atom. The molecule has 0 fully saturated rings. The first kappa shape index (κ1) is 21.6. The second-order valence-electron chi connectivity index (χ2n) is 5.27. The van der Waals surface area contributed by atoms with E-state index in [1.807, 2.05) is 6.92 Å². The fourth-order valence-electron chi connectivity index (χ4n) is 1.85. The summed E-state index contributed by atoms with van der Waals surface area (Å²) in [5, 5.41) is 18.1. The van der Waals surface area contributed by atoms with Crippen LogP contribution in [0.15, 0.2) is 56.0 Å². The van der Waals surface area contributed by atoms with Crippen molar-refractivity contribution in [3.63, 3.8) is 0 Å². The fourth-order valence-corrected chi connectivity index (χ4v) is 3.28. The number of nitrogens with zero attached hydrogens (tertiary/aromatic N) is 3. The minimum absolute atomic E-state index is 0.0895. The van der Waals surface area contributed by atoms with Gasteiger partial charge in [0.05, 0.1) is 11.1 Å². The summed E-state index contributed by atoms with van der Waals surface area (Å²) in [5.41, 5.74) is 8.63. The Kier molecular flexibility index (Phi) is 6.94. The summed E-state index contributed by atoms with van der Waals surface area (Å²) >= 11 is 8.92. The Hall–Kier alpha value is -2.70. The molecule has 0 spiro atoms. The molecule has 0 heterocycles. The molecule has 0 atom stereocenters. The molecule has 0 saturated carbocycles. The molecule has 13 heteroatoms. The fraction of sp³-hybridized carbons (Fsp3) is 0.0667. The van der Waals surface area contributed by atoms with E-state index in [0.717, 1.165) is 5.56 Å². The van der Waals surface area contributed by atoms with Gasteiger partial charge < -0.3 is 5.73 Å². The third kappa shape index (κ3) is 5.65. The predicted octanol–water partition coefficient (Wildman–Crippen LogP) is 2.88. The van der Waals surface area contributed by atoms with Crippen LogP contribution < -0.4 is 11.2 Å². The molecule has 10 nitrogen and oxygen atoms in total. The monoisotopic (exact) mass is 489 g/mol. The van der Waals surface area contributed by atoms with Crippen molar-refractivity contribution >= 4 is 55.5 Å². The smallest absolute Gasteiger partial charge is 0.358 e. The molecule has 0 aromatic heterocycles. The summed E-state index contributed by atoms with van der Waals surface area (Å²) in [6.07, 6.45) is 1.18. The predicted molar refractivity (Wildman–Crippen MR) is 108 cm³/mol. The van der Waals surface area contributed by atoms with Gasteiger partial charge in [-0.25, -0.2) is 5.43 Å². The van der Waals surface area contributed by atoms with Crippen molar-refractivity contribution in [2.45, 2.75) is 11.8 Å². The lowest BCUT2D eigenvalue weighted by Gasteiger charge is -2.04. The molecule has 2 aromatic rings. The number of nitrogens with two attached hydrogens (primary N) is 1. The van der Waals surface area contributed by atoms with E-state index in [9.17, 15) is 18.5 Å². The zero-order valence-corrected chi connectivity index (χ0v) is 17.3. The highest BCUT2D eigenvalue weighted by molar-refractivity contribution is 9.10. The van der Waals surface area contributed by atoms with Crippen LogP contribution in [-0.2, 0) is 14.4 Å². The second kappa shape index (κ2) is 8.99. The number of hydrogen-bond donors (Lipinski definition) is 2. The first-order valence-electron chi connectivity index (χ1n) is 7.36. The van der Waals surface area contributed by atoms with E-state index >= 15 is 0 Å². The van der Waals surface area contributed by atoms with Gasteiger partial charge in [-0.05, 0) is 46.2 Å². The number of oxime groups is 1. The van der Waals surface area contributed by atoms with Gasteiger partial charge in [-0.15, -0.1) is 0 Å². The van der Waals surface area contributed by atoms with Gasteiger partial charge in [0, 0.05) is 16.7 Å². The average Bonchev–Trinajstić information content (AvgIpc) is 2.62. The standard InChI is InChI=1S/C15H13BrClN5O5S/c1-9-2-4-12(5-3-9)28(25,26)27-21-15(18)20-19-8-10-6-11(17)7-13(14(10)16)22(23)24/h2-8H,1H3,(H3,18,20,21). The van der Waals surface area contributed by atoms with Crippen LogP contribution in [-0.4, -0.2) is 25.5 Å². The van der Waals surface area contributed by atoms with Crippen LogP contribution in [0, 0.1) is 17.0 Å². The number of halogens is 2. The minimum Gasteiger partial charge on any atom is -0.366 e. The lowest BCUT2D eigenvalue weighted by atomic mass is 10.2. The van der Waals surface area contributed by atoms with Gasteiger partial charge in [-0.1, -0.05) is 29.3 Å². The lowest BCUT2D eigenvalue weighted by Crippen LogP contribution is -2.28. The Balaban J connectivity index is 2.08. The molecule has 3 N–H and O–H groups in total. The molecule has 0 bridgehead atoms. The Morgan fingerprint density at radius 3 is 2.61 bits per heavy atom. The van der Waals surface area contributed by atoms with Crippen molar-refractivity contribution in [2.75, 3.05) is 0 Å². The summed E-state index contributed by atoms with van der Waals surface area (Å²) in [6, 6.07) is 8.55. The van der Waals surface area contributed by atoms with Crippen LogP contribution in [0.1, 0.15) is 11.1 Å². The van der Waals surface area contributed by atoms with Gasteiger partial charge in [0.15, 0.2) is 0 Å². The van der Waals surface area contributed by atoms with E-state index < -0.39 is 21.0 Å². The first-order chi connectivity index (χ1) is 13.1. The minimum atomic E-state index is -4.14. The van der Waals surface area contributed by atoms with Gasteiger partial charge in [0.25, 0.3) is 11.6 Å². The van der Waals surface area contributed by atoms with Crippen molar-refractivity contribution in [3.05, 3.63) is 67.1 Å². The molecule has 0 unspecified atom stereocenters. The molecule has 2 rings (SSSR count). The van der Waals surface area contributed by atoms with Crippen LogP contribution in [0.2, 0.25) is 5.02 Å². The van der Waals surface area contributed by atoms with E-state index in [0.29, 0.717) is 0 Å². The van der Waals surface area contributed by atoms with Gasteiger partial charge in [-0.3, -0.25) is 14.4 Å². The largest absolute Gasteiger partial charge is 0.366 e. The number of hydrazone groups is 1. The topological polar surface area (TPSA) is 149 Å². The Labute approximate surface area is 173 Å². The molecule has 0 aliphatic rings. The normalized spacial score (nSPS) is 12.2. The number of benzene rings is 2. The SMILES string of the molecule is Cc1ccc(S(=O)(=O)ON=C(N)NN=Cc2cc(Cl)cc([N+](=O)[O-])c2Br)cc1. The highest BCUT2D eigenvalue weighted by atomic mass is 79.9. The van der Waals surface area contributed by atoms with Crippen molar-refractivity contribution in [2.24, 2.45) is 16.0 Å². The van der Waals surface area contributed by atoms with Crippen LogP contribution in [0.25, 0.3) is 0 Å². The van der Waals surface area contributed by atoms with Crippen LogP contribution in [0.3, 0.4) is 0 Å². The van der Waals surface area contributed by atoms with Crippen molar-refractivity contribution < 1.29 is 17.6 Å². The number of guanidine groups is 1. The highest BCUT2D eigenvalue weighted by Gasteiger charge is 2.17. The van der Waals surface area contributed by atoms with Gasteiger partial charge >= 0.3 is 10.1 Å². The average molecular weight is 491 g/mol. The molecule has 0 amide bonds. The molecule has 2 aromatic carbocycles. The van der Waals surface area contributed by atoms with Crippen LogP contribution in [0.5, 0.6) is 0 Å². The van der Waals surface area contributed by atoms with Gasteiger partial charge in [0.2, 0.25) is 0 Å². The summed E-state index contributed by atoms with van der Waals surface area (Å²) in [6.45, 7) is 1.81. The zero-order chi connectivity index (χ0) is 20.9. The summed E-state index contributed by atoms with van der Waals surface area (Å²) in [7, 11) is -4.14. The first-order valence-corrected chi connectivity index (χ1v) is 9.94. The summed E-state index contributed by atoms with van der Waals surface area (Å²) in [4.78, 5) is 10.3. The number of nitrogens with one attached hydrogen (secondary N) is 1. The van der Waals surface area contributed by atoms with Crippen molar-refractivity contribution in [1.29, 1.82) is 0 Å².